The molecule has 0 aliphatic rings. The van der Waals surface area contributed by atoms with E-state index in [0.29, 0.717) is 23.1 Å². The molecule has 1 rings (SSSR count). The summed E-state index contributed by atoms with van der Waals surface area (Å²) >= 11 is 1.35. The van der Waals surface area contributed by atoms with E-state index in [2.05, 4.69) is 21.8 Å². The van der Waals surface area contributed by atoms with Crippen LogP contribution >= 0.6 is 11.8 Å². The molecule has 0 spiro atoms. The van der Waals surface area contributed by atoms with Crippen LogP contribution in [0.15, 0.2) is 17.3 Å². The van der Waals surface area contributed by atoms with Crippen LogP contribution in [0.3, 0.4) is 0 Å². The van der Waals surface area contributed by atoms with Crippen LogP contribution in [0.4, 0.5) is 0 Å². The van der Waals surface area contributed by atoms with Gasteiger partial charge in [0.25, 0.3) is 0 Å². The normalized spacial score (nSPS) is 10.0. The highest BCUT2D eigenvalue weighted by atomic mass is 32.2. The second-order valence-corrected chi connectivity index (χ2v) is 3.76. The van der Waals surface area contributed by atoms with Crippen LogP contribution in [0, 0.1) is 6.92 Å². The van der Waals surface area contributed by atoms with Gasteiger partial charge in [0.1, 0.15) is 5.82 Å². The zero-order chi connectivity index (χ0) is 11.3. The summed E-state index contributed by atoms with van der Waals surface area (Å²) in [7, 11) is 0. The van der Waals surface area contributed by atoms with E-state index in [1.165, 1.54) is 11.8 Å². The lowest BCUT2D eigenvalue weighted by Crippen LogP contribution is -2.08. The quantitative estimate of drug-likeness (QED) is 0.467. The van der Waals surface area contributed by atoms with Crippen LogP contribution in [0.2, 0.25) is 0 Å². The highest BCUT2D eigenvalue weighted by molar-refractivity contribution is 7.99. The summed E-state index contributed by atoms with van der Waals surface area (Å²) < 4.78 is 4.80. The summed E-state index contributed by atoms with van der Waals surface area (Å²) in [5.74, 6) is 0.826. The number of thioether (sulfide) groups is 1. The molecule has 0 aliphatic heterocycles. The molecule has 0 saturated carbocycles. The minimum atomic E-state index is -0.364. The minimum Gasteiger partial charge on any atom is -0.463 e. The van der Waals surface area contributed by atoms with Crippen LogP contribution in [0.25, 0.3) is 0 Å². The zero-order valence-corrected chi connectivity index (χ0v) is 9.56. The largest absolute Gasteiger partial charge is 0.463 e. The van der Waals surface area contributed by atoms with E-state index in [-0.39, 0.29) is 5.97 Å². The van der Waals surface area contributed by atoms with E-state index in [4.69, 9.17) is 4.74 Å². The molecule has 6 heteroatoms. The Morgan fingerprint density at radius 3 is 2.93 bits per heavy atom. The SMILES string of the molecule is C=C(CSc1n[nH]c(C)n1)C(=O)OCC. The Labute approximate surface area is 92.3 Å². The molecular weight excluding hydrogens is 214 g/mol. The third kappa shape index (κ3) is 3.75. The maximum Gasteiger partial charge on any atom is 0.334 e. The van der Waals surface area contributed by atoms with Crippen LogP contribution in [0.5, 0.6) is 0 Å². The molecule has 0 unspecified atom stereocenters. The lowest BCUT2D eigenvalue weighted by molar-refractivity contribution is -0.138. The summed E-state index contributed by atoms with van der Waals surface area (Å²) in [6.45, 7) is 7.57. The Morgan fingerprint density at radius 2 is 2.40 bits per heavy atom. The number of carbonyl (C=O) groups is 1. The van der Waals surface area contributed by atoms with Crippen LogP contribution in [0.1, 0.15) is 12.7 Å². The fourth-order valence-corrected chi connectivity index (χ4v) is 1.56. The van der Waals surface area contributed by atoms with Gasteiger partial charge in [-0.1, -0.05) is 18.3 Å². The van der Waals surface area contributed by atoms with E-state index in [1.54, 1.807) is 6.92 Å². The lowest BCUT2D eigenvalue weighted by Gasteiger charge is -2.02. The zero-order valence-electron chi connectivity index (χ0n) is 8.74. The number of ether oxygens (including phenoxy) is 1. The maximum atomic E-state index is 11.2. The molecule has 15 heavy (non-hydrogen) atoms. The number of esters is 1. The number of hydrogen-bond donors (Lipinski definition) is 1. The number of nitrogens with one attached hydrogen (secondary N) is 1. The maximum absolute atomic E-state index is 11.2. The Morgan fingerprint density at radius 1 is 1.67 bits per heavy atom. The number of aromatic amines is 1. The number of hydrogen-bond acceptors (Lipinski definition) is 5. The smallest absolute Gasteiger partial charge is 0.334 e. The molecule has 1 aromatic rings. The molecule has 0 atom stereocenters. The number of carbonyl (C=O) groups excluding carboxylic acids is 1. The molecule has 0 fully saturated rings. The summed E-state index contributed by atoms with van der Waals surface area (Å²) in [5, 5.41) is 7.25. The van der Waals surface area contributed by atoms with Gasteiger partial charge in [0.15, 0.2) is 0 Å². The number of nitrogens with zero attached hydrogens (tertiary/aromatic N) is 2. The molecule has 5 nitrogen and oxygen atoms in total. The van der Waals surface area contributed by atoms with Gasteiger partial charge in [-0.25, -0.2) is 9.78 Å². The lowest BCUT2D eigenvalue weighted by atomic mass is 10.4. The van der Waals surface area contributed by atoms with Crippen molar-refractivity contribution in [1.29, 1.82) is 0 Å². The first-order valence-corrected chi connectivity index (χ1v) is 5.48. The topological polar surface area (TPSA) is 67.9 Å². The number of aryl methyl sites for hydroxylation is 1. The first-order valence-electron chi connectivity index (χ1n) is 4.50. The Hall–Kier alpha value is -1.30. The molecule has 0 radical (unpaired) electrons. The van der Waals surface area contributed by atoms with Gasteiger partial charge in [0, 0.05) is 11.3 Å². The molecule has 0 aromatic carbocycles. The number of aromatic nitrogens is 3. The van der Waals surface area contributed by atoms with Crippen LogP contribution < -0.4 is 0 Å². The number of H-pyrrole nitrogens is 1. The van der Waals surface area contributed by atoms with Gasteiger partial charge in [0.05, 0.1) is 6.61 Å². The average Bonchev–Trinajstić information content (AvgIpc) is 2.61. The Balaban J connectivity index is 2.37. The van der Waals surface area contributed by atoms with Crippen LogP contribution in [-0.2, 0) is 9.53 Å². The van der Waals surface area contributed by atoms with Gasteiger partial charge in [0.2, 0.25) is 5.16 Å². The molecule has 1 N–H and O–H groups in total. The molecular formula is C9H13N3O2S. The molecule has 0 saturated heterocycles. The van der Waals surface area contributed by atoms with Gasteiger partial charge in [-0.2, -0.15) is 0 Å². The Kier molecular flexibility index (Phi) is 4.36. The fraction of sp³-hybridized carbons (Fsp3) is 0.444. The van der Waals surface area contributed by atoms with Crippen molar-refractivity contribution in [3.05, 3.63) is 18.0 Å². The molecule has 82 valence electrons. The van der Waals surface area contributed by atoms with Crippen molar-refractivity contribution in [2.45, 2.75) is 19.0 Å². The second kappa shape index (κ2) is 5.55. The van der Waals surface area contributed by atoms with Gasteiger partial charge in [-0.15, -0.1) is 5.10 Å². The average molecular weight is 227 g/mol. The first-order chi connectivity index (χ1) is 7.13. The van der Waals surface area contributed by atoms with Crippen molar-refractivity contribution in [1.82, 2.24) is 15.2 Å². The van der Waals surface area contributed by atoms with Crippen molar-refractivity contribution in [3.63, 3.8) is 0 Å². The van der Waals surface area contributed by atoms with Crippen molar-refractivity contribution >= 4 is 17.7 Å². The highest BCUT2D eigenvalue weighted by Gasteiger charge is 2.09. The van der Waals surface area contributed by atoms with E-state index in [1.807, 2.05) is 6.92 Å². The second-order valence-electron chi connectivity index (χ2n) is 2.82. The Bertz CT molecular complexity index is 362. The van der Waals surface area contributed by atoms with Gasteiger partial charge >= 0.3 is 5.97 Å². The summed E-state index contributed by atoms with van der Waals surface area (Å²) in [5.41, 5.74) is 0.421. The minimum absolute atomic E-state index is 0.363. The fourth-order valence-electron chi connectivity index (χ4n) is 0.830. The van der Waals surface area contributed by atoms with E-state index >= 15 is 0 Å². The highest BCUT2D eigenvalue weighted by Crippen LogP contribution is 2.15. The summed E-state index contributed by atoms with van der Waals surface area (Å²) in [6, 6.07) is 0. The van der Waals surface area contributed by atoms with E-state index in [0.717, 1.165) is 5.82 Å². The summed E-state index contributed by atoms with van der Waals surface area (Å²) in [4.78, 5) is 15.3. The third-order valence-corrected chi connectivity index (χ3v) is 2.45. The van der Waals surface area contributed by atoms with Crippen molar-refractivity contribution in [2.24, 2.45) is 0 Å². The van der Waals surface area contributed by atoms with Gasteiger partial charge in [-0.3, -0.25) is 5.10 Å². The first kappa shape index (κ1) is 11.8. The molecule has 0 bridgehead atoms. The third-order valence-electron chi connectivity index (χ3n) is 1.52. The molecule has 1 aromatic heterocycles. The molecule has 0 amide bonds. The molecule has 1 heterocycles. The van der Waals surface area contributed by atoms with Gasteiger partial charge in [-0.05, 0) is 13.8 Å². The van der Waals surface area contributed by atoms with Gasteiger partial charge < -0.3 is 4.74 Å². The predicted molar refractivity (Wildman–Crippen MR) is 57.6 cm³/mol. The number of rotatable bonds is 5. The van der Waals surface area contributed by atoms with Crippen molar-refractivity contribution in [2.75, 3.05) is 12.4 Å². The van der Waals surface area contributed by atoms with Crippen molar-refractivity contribution < 1.29 is 9.53 Å². The monoisotopic (exact) mass is 227 g/mol. The van der Waals surface area contributed by atoms with E-state index in [9.17, 15) is 4.79 Å². The standard InChI is InChI=1S/C9H13N3O2S/c1-4-14-8(13)6(2)5-15-9-10-7(3)11-12-9/h2,4-5H2,1,3H3,(H,10,11,12). The summed E-state index contributed by atoms with van der Waals surface area (Å²) in [6.07, 6.45) is 0. The van der Waals surface area contributed by atoms with Crippen LogP contribution in [-0.4, -0.2) is 33.5 Å². The van der Waals surface area contributed by atoms with E-state index < -0.39 is 0 Å². The predicted octanol–water partition coefficient (Wildman–Crippen LogP) is 1.32. The molecule has 0 aliphatic carbocycles. The van der Waals surface area contributed by atoms with Crippen molar-refractivity contribution in [3.8, 4) is 0 Å².